The van der Waals surface area contributed by atoms with Crippen molar-refractivity contribution in [2.24, 2.45) is 0 Å². The Labute approximate surface area is 227 Å². The van der Waals surface area contributed by atoms with Crippen LogP contribution in [0, 0.1) is 13.8 Å². The highest BCUT2D eigenvalue weighted by molar-refractivity contribution is 5.96. The Morgan fingerprint density at radius 3 is 1.56 bits per heavy atom. The van der Waals surface area contributed by atoms with Gasteiger partial charge in [-0.1, -0.05) is 66.7 Å². The first-order valence-corrected chi connectivity index (χ1v) is 12.6. The molecule has 0 spiro atoms. The molecule has 0 radical (unpaired) electrons. The van der Waals surface area contributed by atoms with E-state index in [0.717, 1.165) is 28.2 Å². The van der Waals surface area contributed by atoms with Gasteiger partial charge in [0.15, 0.2) is 5.60 Å². The average molecular weight is 517 g/mol. The quantitative estimate of drug-likeness (QED) is 0.240. The maximum absolute atomic E-state index is 12.6. The van der Waals surface area contributed by atoms with Gasteiger partial charge >= 0.3 is 5.97 Å². The SMILES string of the molecule is Cc1cc(C2(c3ccc(O)c(C)c3)OC(=O)c3ccccc32)ccc1O.c1ccc(Oc2ccccc2)cc1. The molecule has 1 aliphatic heterocycles. The van der Waals surface area contributed by atoms with Crippen LogP contribution < -0.4 is 4.74 Å². The monoisotopic (exact) mass is 516 g/mol. The summed E-state index contributed by atoms with van der Waals surface area (Å²) in [6, 6.07) is 37.2. The van der Waals surface area contributed by atoms with Crippen molar-refractivity contribution < 1.29 is 24.5 Å². The molecule has 39 heavy (non-hydrogen) atoms. The van der Waals surface area contributed by atoms with Crippen molar-refractivity contribution in [3.8, 4) is 23.0 Å². The molecule has 194 valence electrons. The highest BCUT2D eigenvalue weighted by Crippen LogP contribution is 2.48. The van der Waals surface area contributed by atoms with Crippen molar-refractivity contribution in [1.82, 2.24) is 0 Å². The van der Waals surface area contributed by atoms with Gasteiger partial charge in [0.25, 0.3) is 0 Å². The summed E-state index contributed by atoms with van der Waals surface area (Å²) in [6.45, 7) is 3.61. The number of carbonyl (C=O) groups excluding carboxylic acids is 1. The summed E-state index contributed by atoms with van der Waals surface area (Å²) >= 11 is 0. The second kappa shape index (κ2) is 10.8. The standard InChI is InChI=1S/C22H18O4.C12H10O/c1-13-11-15(7-9-19(13)23)22(16-8-10-20(24)14(2)12-16)18-6-4-3-5-17(18)21(25)26-22;1-3-7-11(8-4-1)13-12-9-5-2-6-10-12/h3-12,23-24H,1-2H3;1-10H. The Hall–Kier alpha value is -5.03. The molecule has 5 heteroatoms. The predicted octanol–water partition coefficient (Wildman–Crippen LogP) is 7.66. The molecule has 0 unspecified atom stereocenters. The summed E-state index contributed by atoms with van der Waals surface area (Å²) in [5.41, 5.74) is 3.03. The van der Waals surface area contributed by atoms with Gasteiger partial charge in [0.2, 0.25) is 0 Å². The van der Waals surface area contributed by atoms with Gasteiger partial charge in [-0.15, -0.1) is 0 Å². The van der Waals surface area contributed by atoms with E-state index in [0.29, 0.717) is 16.7 Å². The van der Waals surface area contributed by atoms with Crippen molar-refractivity contribution in [2.45, 2.75) is 19.4 Å². The van der Waals surface area contributed by atoms with Gasteiger partial charge in [-0.2, -0.15) is 0 Å². The van der Waals surface area contributed by atoms with Crippen LogP contribution in [0.1, 0.15) is 38.2 Å². The summed E-state index contributed by atoms with van der Waals surface area (Å²) in [7, 11) is 0. The number of ether oxygens (including phenoxy) is 2. The molecular weight excluding hydrogens is 488 g/mol. The maximum Gasteiger partial charge on any atom is 0.340 e. The average Bonchev–Trinajstić information content (AvgIpc) is 3.26. The minimum absolute atomic E-state index is 0.184. The van der Waals surface area contributed by atoms with Crippen LogP contribution in [0.5, 0.6) is 23.0 Å². The van der Waals surface area contributed by atoms with E-state index < -0.39 is 11.6 Å². The van der Waals surface area contributed by atoms with Crippen LogP contribution in [0.25, 0.3) is 0 Å². The largest absolute Gasteiger partial charge is 0.508 e. The Morgan fingerprint density at radius 2 is 1.08 bits per heavy atom. The first-order valence-electron chi connectivity index (χ1n) is 12.6. The van der Waals surface area contributed by atoms with E-state index in [4.69, 9.17) is 9.47 Å². The van der Waals surface area contributed by atoms with Gasteiger partial charge in [-0.05, 0) is 79.6 Å². The number of esters is 1. The summed E-state index contributed by atoms with van der Waals surface area (Å²) < 4.78 is 11.6. The molecule has 2 N–H and O–H groups in total. The number of cyclic esters (lactones) is 1. The molecule has 0 atom stereocenters. The van der Waals surface area contributed by atoms with E-state index in [2.05, 4.69) is 0 Å². The molecular formula is C34H28O5. The normalized spacial score (nSPS) is 13.0. The van der Waals surface area contributed by atoms with Crippen LogP contribution in [0.3, 0.4) is 0 Å². The Bertz CT molecular complexity index is 1520. The second-order valence-electron chi connectivity index (χ2n) is 9.35. The number of aromatic hydroxyl groups is 2. The summed E-state index contributed by atoms with van der Waals surface area (Å²) in [5, 5.41) is 19.9. The number of carbonyl (C=O) groups is 1. The predicted molar refractivity (Wildman–Crippen MR) is 150 cm³/mol. The number of hydrogen-bond acceptors (Lipinski definition) is 5. The fraction of sp³-hybridized carbons (Fsp3) is 0.0882. The van der Waals surface area contributed by atoms with Crippen molar-refractivity contribution in [1.29, 1.82) is 0 Å². The van der Waals surface area contributed by atoms with Gasteiger partial charge in [-0.25, -0.2) is 4.79 Å². The number of para-hydroxylation sites is 2. The van der Waals surface area contributed by atoms with Gasteiger partial charge in [0.05, 0.1) is 5.56 Å². The third-order valence-corrected chi connectivity index (χ3v) is 6.70. The minimum atomic E-state index is -1.12. The molecule has 0 fully saturated rings. The van der Waals surface area contributed by atoms with Crippen LogP contribution in [0.4, 0.5) is 0 Å². The van der Waals surface area contributed by atoms with Crippen LogP contribution in [-0.4, -0.2) is 16.2 Å². The zero-order chi connectivity index (χ0) is 27.4. The third-order valence-electron chi connectivity index (χ3n) is 6.70. The molecule has 0 aromatic heterocycles. The number of rotatable bonds is 4. The molecule has 1 heterocycles. The first-order chi connectivity index (χ1) is 18.9. The van der Waals surface area contributed by atoms with E-state index in [9.17, 15) is 15.0 Å². The van der Waals surface area contributed by atoms with E-state index >= 15 is 0 Å². The number of benzene rings is 5. The summed E-state index contributed by atoms with van der Waals surface area (Å²) in [5.74, 6) is 1.71. The molecule has 0 aliphatic carbocycles. The molecule has 0 bridgehead atoms. The Balaban J connectivity index is 0.000000198. The lowest BCUT2D eigenvalue weighted by atomic mass is 9.79. The zero-order valence-corrected chi connectivity index (χ0v) is 21.7. The lowest BCUT2D eigenvalue weighted by Gasteiger charge is -2.31. The van der Waals surface area contributed by atoms with Crippen molar-refractivity contribution in [2.75, 3.05) is 0 Å². The molecule has 0 saturated carbocycles. The Kier molecular flexibility index (Phi) is 7.06. The number of phenols is 2. The van der Waals surface area contributed by atoms with Crippen LogP contribution in [-0.2, 0) is 10.3 Å². The van der Waals surface area contributed by atoms with Crippen molar-refractivity contribution in [3.05, 3.63) is 155 Å². The zero-order valence-electron chi connectivity index (χ0n) is 21.7. The lowest BCUT2D eigenvalue weighted by Crippen LogP contribution is -2.29. The molecule has 5 nitrogen and oxygen atoms in total. The highest BCUT2D eigenvalue weighted by atomic mass is 16.6. The van der Waals surface area contributed by atoms with E-state index in [1.165, 1.54) is 0 Å². The van der Waals surface area contributed by atoms with E-state index in [1.807, 2.05) is 84.9 Å². The smallest absolute Gasteiger partial charge is 0.340 e. The van der Waals surface area contributed by atoms with Gasteiger partial charge in [0, 0.05) is 16.7 Å². The van der Waals surface area contributed by atoms with E-state index in [1.54, 1.807) is 50.2 Å². The molecule has 6 rings (SSSR count). The van der Waals surface area contributed by atoms with Gasteiger partial charge < -0.3 is 19.7 Å². The molecule has 0 saturated heterocycles. The lowest BCUT2D eigenvalue weighted by molar-refractivity contribution is 0.0251. The van der Waals surface area contributed by atoms with E-state index in [-0.39, 0.29) is 11.5 Å². The number of phenolic OH excluding ortho intramolecular Hbond substituents is 2. The van der Waals surface area contributed by atoms with Crippen LogP contribution in [0.2, 0.25) is 0 Å². The minimum Gasteiger partial charge on any atom is -0.508 e. The number of hydrogen-bond donors (Lipinski definition) is 2. The number of fused-ring (bicyclic) bond motifs is 1. The van der Waals surface area contributed by atoms with Gasteiger partial charge in [-0.3, -0.25) is 0 Å². The van der Waals surface area contributed by atoms with Crippen molar-refractivity contribution >= 4 is 5.97 Å². The maximum atomic E-state index is 12.6. The fourth-order valence-electron chi connectivity index (χ4n) is 4.67. The molecule has 1 aliphatic rings. The highest BCUT2D eigenvalue weighted by Gasteiger charge is 2.48. The van der Waals surface area contributed by atoms with Crippen molar-refractivity contribution in [3.63, 3.8) is 0 Å². The molecule has 5 aromatic carbocycles. The van der Waals surface area contributed by atoms with Crippen LogP contribution in [0.15, 0.2) is 121 Å². The summed E-state index contributed by atoms with van der Waals surface area (Å²) in [4.78, 5) is 12.6. The van der Waals surface area contributed by atoms with Crippen LogP contribution >= 0.6 is 0 Å². The molecule has 5 aromatic rings. The molecule has 0 amide bonds. The third kappa shape index (κ3) is 5.07. The first kappa shape index (κ1) is 25.6. The second-order valence-corrected chi connectivity index (χ2v) is 9.35. The summed E-state index contributed by atoms with van der Waals surface area (Å²) in [6.07, 6.45) is 0. The van der Waals surface area contributed by atoms with Gasteiger partial charge in [0.1, 0.15) is 23.0 Å². The Morgan fingerprint density at radius 1 is 0.615 bits per heavy atom. The number of aryl methyl sites for hydroxylation is 2. The topological polar surface area (TPSA) is 76.0 Å². The fourth-order valence-corrected chi connectivity index (χ4v) is 4.67.